The molecule has 1 aromatic heterocycles. The van der Waals surface area contributed by atoms with Gasteiger partial charge < -0.3 is 9.84 Å². The Labute approximate surface area is 97.9 Å². The zero-order valence-corrected chi connectivity index (χ0v) is 9.46. The van der Waals surface area contributed by atoms with Gasteiger partial charge in [-0.05, 0) is 19.3 Å². The van der Waals surface area contributed by atoms with E-state index in [1.165, 1.54) is 16.8 Å². The number of nitrogens with one attached hydrogen (secondary N) is 1. The van der Waals surface area contributed by atoms with Crippen LogP contribution >= 0.6 is 0 Å². The minimum Gasteiger partial charge on any atom is -0.396 e. The van der Waals surface area contributed by atoms with E-state index in [1.54, 1.807) is 0 Å². The monoisotopic (exact) mass is 240 g/mol. The highest BCUT2D eigenvalue weighted by Crippen LogP contribution is 2.23. The summed E-state index contributed by atoms with van der Waals surface area (Å²) in [6, 6.07) is 1.30. The molecule has 0 saturated carbocycles. The van der Waals surface area contributed by atoms with Gasteiger partial charge in [0, 0.05) is 18.9 Å². The molecule has 6 heteroatoms. The molecule has 0 radical (unpaired) electrons. The van der Waals surface area contributed by atoms with E-state index in [0.29, 0.717) is 13.0 Å². The van der Waals surface area contributed by atoms with E-state index in [4.69, 9.17) is 9.84 Å². The molecule has 2 rings (SSSR count). The number of aromatic amines is 1. The van der Waals surface area contributed by atoms with E-state index < -0.39 is 5.69 Å². The van der Waals surface area contributed by atoms with Crippen LogP contribution in [-0.2, 0) is 4.74 Å². The summed E-state index contributed by atoms with van der Waals surface area (Å²) in [4.78, 5) is 24.7. The maximum atomic E-state index is 11.6. The van der Waals surface area contributed by atoms with Crippen molar-refractivity contribution in [2.75, 3.05) is 13.2 Å². The Morgan fingerprint density at radius 2 is 2.29 bits per heavy atom. The van der Waals surface area contributed by atoms with Crippen LogP contribution in [0.4, 0.5) is 0 Å². The molecule has 1 aliphatic heterocycles. The number of aromatic nitrogens is 2. The summed E-state index contributed by atoms with van der Waals surface area (Å²) in [6.45, 7) is 0.560. The maximum Gasteiger partial charge on any atom is 0.328 e. The number of H-pyrrole nitrogens is 1. The SMILES string of the molecule is O=c1ccn([C@H]2CC[C@@H](CCO)OC2)c(=O)[nH]1. The fourth-order valence-electron chi connectivity index (χ4n) is 2.10. The molecule has 0 spiro atoms. The lowest BCUT2D eigenvalue weighted by molar-refractivity contribution is -0.0237. The molecule has 1 aliphatic rings. The first-order chi connectivity index (χ1) is 8.20. The molecule has 2 heterocycles. The molecule has 0 aliphatic carbocycles. The Bertz CT molecular complexity index is 471. The zero-order chi connectivity index (χ0) is 12.3. The lowest BCUT2D eigenvalue weighted by Crippen LogP contribution is -2.36. The average Bonchev–Trinajstić information content (AvgIpc) is 2.31. The van der Waals surface area contributed by atoms with Crippen LogP contribution in [0.3, 0.4) is 0 Å². The van der Waals surface area contributed by atoms with Gasteiger partial charge in [0.1, 0.15) is 0 Å². The molecule has 17 heavy (non-hydrogen) atoms. The quantitative estimate of drug-likeness (QED) is 0.755. The van der Waals surface area contributed by atoms with Crippen LogP contribution in [0.2, 0.25) is 0 Å². The minimum absolute atomic E-state index is 0.0331. The first-order valence-corrected chi connectivity index (χ1v) is 5.74. The predicted octanol–water partition coefficient (Wildman–Crippen LogP) is -0.361. The molecule has 1 saturated heterocycles. The Hall–Kier alpha value is -1.40. The topological polar surface area (TPSA) is 84.3 Å². The summed E-state index contributed by atoms with van der Waals surface area (Å²) in [5, 5.41) is 8.80. The second kappa shape index (κ2) is 5.29. The number of aliphatic hydroxyl groups is 1. The van der Waals surface area contributed by atoms with Crippen molar-refractivity contribution in [1.29, 1.82) is 0 Å². The molecule has 0 unspecified atom stereocenters. The van der Waals surface area contributed by atoms with Crippen molar-refractivity contribution in [2.24, 2.45) is 0 Å². The van der Waals surface area contributed by atoms with Gasteiger partial charge in [0.2, 0.25) is 0 Å². The Morgan fingerprint density at radius 1 is 1.47 bits per heavy atom. The van der Waals surface area contributed by atoms with Gasteiger partial charge in [0.05, 0.1) is 18.8 Å². The van der Waals surface area contributed by atoms with Crippen LogP contribution in [0.1, 0.15) is 25.3 Å². The normalized spacial score (nSPS) is 24.8. The van der Waals surface area contributed by atoms with Gasteiger partial charge in [-0.2, -0.15) is 0 Å². The van der Waals surface area contributed by atoms with Gasteiger partial charge in [0.15, 0.2) is 0 Å². The fraction of sp³-hybridized carbons (Fsp3) is 0.636. The zero-order valence-electron chi connectivity index (χ0n) is 9.46. The summed E-state index contributed by atoms with van der Waals surface area (Å²) >= 11 is 0. The van der Waals surface area contributed by atoms with Crippen molar-refractivity contribution in [3.8, 4) is 0 Å². The highest BCUT2D eigenvalue weighted by Gasteiger charge is 2.23. The summed E-state index contributed by atoms with van der Waals surface area (Å²) in [6.07, 6.45) is 3.84. The van der Waals surface area contributed by atoms with E-state index in [9.17, 15) is 9.59 Å². The number of nitrogens with zero attached hydrogens (tertiary/aromatic N) is 1. The van der Waals surface area contributed by atoms with Gasteiger partial charge in [0.25, 0.3) is 5.56 Å². The molecule has 6 nitrogen and oxygen atoms in total. The molecule has 0 aromatic carbocycles. The fourth-order valence-corrected chi connectivity index (χ4v) is 2.10. The molecule has 2 N–H and O–H groups in total. The minimum atomic E-state index is -0.397. The van der Waals surface area contributed by atoms with Gasteiger partial charge in [-0.3, -0.25) is 14.3 Å². The molecular weight excluding hydrogens is 224 g/mol. The highest BCUT2D eigenvalue weighted by atomic mass is 16.5. The smallest absolute Gasteiger partial charge is 0.328 e. The average molecular weight is 240 g/mol. The second-order valence-corrected chi connectivity index (χ2v) is 4.22. The van der Waals surface area contributed by atoms with Crippen molar-refractivity contribution in [1.82, 2.24) is 9.55 Å². The summed E-state index contributed by atoms with van der Waals surface area (Å²) in [5.41, 5.74) is -0.784. The lowest BCUT2D eigenvalue weighted by atomic mass is 10.0. The van der Waals surface area contributed by atoms with Gasteiger partial charge in [-0.15, -0.1) is 0 Å². The highest BCUT2D eigenvalue weighted by molar-refractivity contribution is 4.87. The van der Waals surface area contributed by atoms with Gasteiger partial charge in [-0.25, -0.2) is 4.79 Å². The van der Waals surface area contributed by atoms with E-state index in [1.807, 2.05) is 0 Å². The molecular formula is C11H16N2O4. The second-order valence-electron chi connectivity index (χ2n) is 4.22. The van der Waals surface area contributed by atoms with Crippen LogP contribution in [0, 0.1) is 0 Å². The Morgan fingerprint density at radius 3 is 2.88 bits per heavy atom. The lowest BCUT2D eigenvalue weighted by Gasteiger charge is -2.29. The van der Waals surface area contributed by atoms with Crippen LogP contribution in [-0.4, -0.2) is 34.0 Å². The van der Waals surface area contributed by atoms with Crippen molar-refractivity contribution in [3.05, 3.63) is 33.1 Å². The van der Waals surface area contributed by atoms with Crippen molar-refractivity contribution < 1.29 is 9.84 Å². The molecule has 2 atom stereocenters. The largest absolute Gasteiger partial charge is 0.396 e. The third-order valence-corrected chi connectivity index (χ3v) is 3.04. The predicted molar refractivity (Wildman–Crippen MR) is 61.0 cm³/mol. The standard InChI is InChI=1S/C11H16N2O4/c14-6-4-9-2-1-8(7-17-9)13-5-3-10(15)12-11(13)16/h3,5,8-9,14H,1-2,4,6-7H2,(H,12,15,16)/t8-,9-/m0/s1. The van der Waals surface area contributed by atoms with E-state index >= 15 is 0 Å². The summed E-state index contributed by atoms with van der Waals surface area (Å²) < 4.78 is 7.06. The van der Waals surface area contributed by atoms with Crippen molar-refractivity contribution in [3.63, 3.8) is 0 Å². The molecule has 0 bridgehead atoms. The van der Waals surface area contributed by atoms with E-state index in [-0.39, 0.29) is 24.3 Å². The number of hydrogen-bond acceptors (Lipinski definition) is 4. The third kappa shape index (κ3) is 2.83. The van der Waals surface area contributed by atoms with Crippen molar-refractivity contribution >= 4 is 0 Å². The Balaban J connectivity index is 2.05. The van der Waals surface area contributed by atoms with Crippen LogP contribution in [0.15, 0.2) is 21.9 Å². The number of aliphatic hydroxyl groups excluding tert-OH is 1. The summed E-state index contributed by atoms with van der Waals surface area (Å²) in [5.74, 6) is 0. The Kier molecular flexibility index (Phi) is 3.75. The van der Waals surface area contributed by atoms with E-state index in [2.05, 4.69) is 4.98 Å². The molecule has 94 valence electrons. The number of rotatable bonds is 3. The first-order valence-electron chi connectivity index (χ1n) is 5.74. The van der Waals surface area contributed by atoms with Gasteiger partial charge in [-0.1, -0.05) is 0 Å². The van der Waals surface area contributed by atoms with Crippen LogP contribution in [0.25, 0.3) is 0 Å². The third-order valence-electron chi connectivity index (χ3n) is 3.04. The van der Waals surface area contributed by atoms with Crippen molar-refractivity contribution in [2.45, 2.75) is 31.4 Å². The molecule has 0 amide bonds. The van der Waals surface area contributed by atoms with E-state index in [0.717, 1.165) is 12.8 Å². The number of hydrogen-bond donors (Lipinski definition) is 2. The molecule has 1 fully saturated rings. The maximum absolute atomic E-state index is 11.6. The van der Waals surface area contributed by atoms with Gasteiger partial charge >= 0.3 is 5.69 Å². The molecule has 1 aromatic rings. The van der Waals surface area contributed by atoms with Crippen LogP contribution in [0.5, 0.6) is 0 Å². The number of ether oxygens (including phenoxy) is 1. The first kappa shape index (κ1) is 12.1. The summed E-state index contributed by atoms with van der Waals surface area (Å²) in [7, 11) is 0. The van der Waals surface area contributed by atoms with Crippen LogP contribution < -0.4 is 11.2 Å².